The van der Waals surface area contributed by atoms with Gasteiger partial charge in [-0.25, -0.2) is 0 Å². The Kier molecular flexibility index (Phi) is 4.40. The van der Waals surface area contributed by atoms with Gasteiger partial charge in [0.1, 0.15) is 0 Å². The van der Waals surface area contributed by atoms with Crippen LogP contribution < -0.4 is 5.32 Å². The topological polar surface area (TPSA) is 30.5 Å². The summed E-state index contributed by atoms with van der Waals surface area (Å²) >= 11 is 1.77. The Morgan fingerprint density at radius 1 is 1.17 bits per heavy atom. The Morgan fingerprint density at radius 2 is 1.87 bits per heavy atom. The van der Waals surface area contributed by atoms with Crippen LogP contribution in [0, 0.1) is 0 Å². The predicted molar refractivity (Wildman–Crippen MR) is 99.8 cm³/mol. The summed E-state index contributed by atoms with van der Waals surface area (Å²) in [6, 6.07) is 8.56. The molecule has 1 saturated heterocycles. The smallest absolute Gasteiger partial charge is 0.400 e. The van der Waals surface area contributed by atoms with Gasteiger partial charge in [-0.3, -0.25) is 0 Å². The molecule has 2 heterocycles. The van der Waals surface area contributed by atoms with Crippen molar-refractivity contribution in [1.82, 2.24) is 5.32 Å². The fourth-order valence-electron chi connectivity index (χ4n) is 2.73. The van der Waals surface area contributed by atoms with E-state index in [1.54, 1.807) is 11.3 Å². The first-order chi connectivity index (χ1) is 10.8. The van der Waals surface area contributed by atoms with Gasteiger partial charge in [0.25, 0.3) is 0 Å². The molecule has 3 nitrogen and oxygen atoms in total. The molecule has 2 aromatic rings. The van der Waals surface area contributed by atoms with E-state index < -0.39 is 0 Å². The summed E-state index contributed by atoms with van der Waals surface area (Å²) in [5.41, 5.74) is 1.70. The van der Waals surface area contributed by atoms with Crippen LogP contribution in [0.3, 0.4) is 0 Å². The molecule has 0 aliphatic carbocycles. The Hall–Kier alpha value is -1.14. The first kappa shape index (κ1) is 16.7. The van der Waals surface area contributed by atoms with E-state index in [1.807, 2.05) is 7.05 Å². The van der Waals surface area contributed by atoms with Crippen LogP contribution in [0.1, 0.15) is 33.3 Å². The molecule has 0 spiro atoms. The van der Waals surface area contributed by atoms with Crippen molar-refractivity contribution >= 4 is 34.6 Å². The number of fused-ring (bicyclic) bond motifs is 1. The van der Waals surface area contributed by atoms with E-state index in [2.05, 4.69) is 68.7 Å². The van der Waals surface area contributed by atoms with Gasteiger partial charge in [-0.2, -0.15) is 0 Å². The van der Waals surface area contributed by atoms with Crippen LogP contribution >= 0.6 is 11.3 Å². The number of benzene rings is 1. The molecule has 0 saturated carbocycles. The Balaban J connectivity index is 1.98. The predicted octanol–water partition coefficient (Wildman–Crippen LogP) is 4.14. The number of nitrogens with one attached hydrogen (secondary N) is 1. The first-order valence-corrected chi connectivity index (χ1v) is 8.89. The fourth-order valence-corrected chi connectivity index (χ4v) is 3.62. The van der Waals surface area contributed by atoms with Crippen molar-refractivity contribution < 1.29 is 9.31 Å². The lowest BCUT2D eigenvalue weighted by molar-refractivity contribution is 0.00578. The molecule has 1 aromatic carbocycles. The highest BCUT2D eigenvalue weighted by Gasteiger charge is 2.52. The molecule has 0 amide bonds. The summed E-state index contributed by atoms with van der Waals surface area (Å²) in [7, 11) is 1.63. The first-order valence-electron chi connectivity index (χ1n) is 8.01. The van der Waals surface area contributed by atoms with Gasteiger partial charge in [0.15, 0.2) is 0 Å². The van der Waals surface area contributed by atoms with E-state index in [0.29, 0.717) is 0 Å². The third-order valence-corrected chi connectivity index (χ3v) is 5.77. The van der Waals surface area contributed by atoms with E-state index >= 15 is 0 Å². The molecule has 1 aliphatic rings. The molecule has 0 radical (unpaired) electrons. The largest absolute Gasteiger partial charge is 0.491 e. The third kappa shape index (κ3) is 3.11. The van der Waals surface area contributed by atoms with E-state index in [4.69, 9.17) is 9.31 Å². The van der Waals surface area contributed by atoms with Crippen LogP contribution in [0.2, 0.25) is 0 Å². The van der Waals surface area contributed by atoms with Crippen LogP contribution in [0.5, 0.6) is 0 Å². The Bertz CT molecular complexity index is 719. The monoisotopic (exact) mass is 329 g/mol. The molecular weight excluding hydrogens is 305 g/mol. The van der Waals surface area contributed by atoms with Crippen LogP contribution in [-0.4, -0.2) is 31.9 Å². The summed E-state index contributed by atoms with van der Waals surface area (Å²) in [6.07, 6.45) is 2.21. The number of hydrogen-bond donors (Lipinski definition) is 1. The molecule has 5 heteroatoms. The van der Waals surface area contributed by atoms with Crippen molar-refractivity contribution in [1.29, 1.82) is 0 Å². The summed E-state index contributed by atoms with van der Waals surface area (Å²) < 4.78 is 13.7. The van der Waals surface area contributed by atoms with Crippen molar-refractivity contribution in [3.8, 4) is 0 Å². The Morgan fingerprint density at radius 3 is 2.52 bits per heavy atom. The highest BCUT2D eigenvalue weighted by Crippen LogP contribution is 2.39. The maximum absolute atomic E-state index is 6.22. The lowest BCUT2D eigenvalue weighted by atomic mass is 9.77. The van der Waals surface area contributed by atoms with E-state index in [1.165, 1.54) is 15.6 Å². The summed E-state index contributed by atoms with van der Waals surface area (Å²) in [5.74, 6) is 0. The normalized spacial score (nSPS) is 20.4. The number of likely N-dealkylation sites (N-methyl/N-ethyl adjacent to an activating group) is 1. The maximum atomic E-state index is 6.22. The number of hydrogen-bond acceptors (Lipinski definition) is 4. The summed E-state index contributed by atoms with van der Waals surface area (Å²) in [6.45, 7) is 9.08. The zero-order valence-electron chi connectivity index (χ0n) is 14.5. The Labute approximate surface area is 142 Å². The van der Waals surface area contributed by atoms with Gasteiger partial charge in [-0.15, -0.1) is 11.3 Å². The number of rotatable bonds is 4. The second-order valence-electron chi connectivity index (χ2n) is 7.02. The fraction of sp³-hybridized carbons (Fsp3) is 0.444. The third-order valence-electron chi connectivity index (χ3n) is 4.79. The minimum absolute atomic E-state index is 0.317. The molecule has 1 N–H and O–H groups in total. The SMILES string of the molecule is CNCC(=Cc1cccc2ccsc12)B1OC(C)(C)C(C)(C)O1. The van der Waals surface area contributed by atoms with Gasteiger partial charge >= 0.3 is 7.12 Å². The molecular formula is C18H24BNO2S. The van der Waals surface area contributed by atoms with Crippen molar-refractivity contribution in [3.05, 3.63) is 40.7 Å². The van der Waals surface area contributed by atoms with Gasteiger partial charge in [-0.05, 0) is 62.6 Å². The van der Waals surface area contributed by atoms with E-state index in [9.17, 15) is 0 Å². The van der Waals surface area contributed by atoms with Gasteiger partial charge in [0.2, 0.25) is 0 Å². The van der Waals surface area contributed by atoms with Crippen LogP contribution in [-0.2, 0) is 9.31 Å². The minimum Gasteiger partial charge on any atom is -0.400 e. The van der Waals surface area contributed by atoms with Crippen molar-refractivity contribution in [2.75, 3.05) is 13.6 Å². The molecule has 1 aliphatic heterocycles. The highest BCUT2D eigenvalue weighted by molar-refractivity contribution is 7.17. The lowest BCUT2D eigenvalue weighted by Gasteiger charge is -2.32. The maximum Gasteiger partial charge on any atom is 0.491 e. The van der Waals surface area contributed by atoms with E-state index in [0.717, 1.165) is 12.0 Å². The zero-order valence-corrected chi connectivity index (χ0v) is 15.3. The molecule has 0 bridgehead atoms. The van der Waals surface area contributed by atoms with Crippen molar-refractivity contribution in [3.63, 3.8) is 0 Å². The summed E-state index contributed by atoms with van der Waals surface area (Å²) in [5, 5.41) is 6.65. The lowest BCUT2D eigenvalue weighted by Crippen LogP contribution is -2.41. The van der Waals surface area contributed by atoms with Crippen LogP contribution in [0.25, 0.3) is 16.2 Å². The molecule has 23 heavy (non-hydrogen) atoms. The molecule has 1 aromatic heterocycles. The van der Waals surface area contributed by atoms with Gasteiger partial charge in [-0.1, -0.05) is 24.3 Å². The van der Waals surface area contributed by atoms with Crippen molar-refractivity contribution in [2.45, 2.75) is 38.9 Å². The van der Waals surface area contributed by atoms with Crippen LogP contribution in [0.4, 0.5) is 0 Å². The molecule has 1 fully saturated rings. The minimum atomic E-state index is -0.320. The van der Waals surface area contributed by atoms with Gasteiger partial charge in [0, 0.05) is 11.2 Å². The standard InChI is InChI=1S/C18H24BNO2S/c1-17(2)18(3,4)22-19(21-17)15(12-20-5)11-14-8-6-7-13-9-10-23-16(13)14/h6-11,20H,12H2,1-5H3. The van der Waals surface area contributed by atoms with Gasteiger partial charge < -0.3 is 14.6 Å². The zero-order chi connectivity index (χ0) is 16.7. The second-order valence-corrected chi connectivity index (χ2v) is 7.94. The molecule has 122 valence electrons. The van der Waals surface area contributed by atoms with E-state index in [-0.39, 0.29) is 18.3 Å². The van der Waals surface area contributed by atoms with Crippen molar-refractivity contribution in [2.24, 2.45) is 0 Å². The highest BCUT2D eigenvalue weighted by atomic mass is 32.1. The molecule has 3 rings (SSSR count). The van der Waals surface area contributed by atoms with Gasteiger partial charge in [0.05, 0.1) is 11.2 Å². The quantitative estimate of drug-likeness (QED) is 0.856. The average molecular weight is 329 g/mol. The van der Waals surface area contributed by atoms with Crippen LogP contribution in [0.15, 0.2) is 35.1 Å². The second kappa shape index (κ2) is 6.06. The summed E-state index contributed by atoms with van der Waals surface area (Å²) in [4.78, 5) is 0. The molecule has 0 atom stereocenters. The molecule has 0 unspecified atom stereocenters. The average Bonchev–Trinajstić information content (AvgIpc) is 3.02. The number of thiophene rings is 1.